The minimum Gasteiger partial charge on any atom is -0.313 e. The minimum absolute atomic E-state index is 0.510. The molecule has 0 heterocycles. The van der Waals surface area contributed by atoms with Gasteiger partial charge in [-0.2, -0.15) is 0 Å². The van der Waals surface area contributed by atoms with Crippen LogP contribution in [0.4, 0.5) is 0 Å². The van der Waals surface area contributed by atoms with Gasteiger partial charge in [0.05, 0.1) is 0 Å². The zero-order chi connectivity index (χ0) is 14.2. The summed E-state index contributed by atoms with van der Waals surface area (Å²) in [5.74, 6) is 1.09. The lowest BCUT2D eigenvalue weighted by atomic mass is 10.1. The van der Waals surface area contributed by atoms with Crippen LogP contribution >= 0.6 is 27.7 Å². The van der Waals surface area contributed by atoms with Crippen molar-refractivity contribution in [2.24, 2.45) is 0 Å². The van der Waals surface area contributed by atoms with Crippen molar-refractivity contribution in [2.45, 2.75) is 24.3 Å². The van der Waals surface area contributed by atoms with E-state index in [1.165, 1.54) is 10.5 Å². The molecule has 20 heavy (non-hydrogen) atoms. The number of benzene rings is 2. The van der Waals surface area contributed by atoms with Crippen molar-refractivity contribution in [2.75, 3.05) is 12.3 Å². The smallest absolute Gasteiger partial charge is 0.0201 e. The van der Waals surface area contributed by atoms with Gasteiger partial charge < -0.3 is 5.32 Å². The second-order valence-corrected chi connectivity index (χ2v) is 6.72. The van der Waals surface area contributed by atoms with E-state index < -0.39 is 0 Å². The normalized spacial score (nSPS) is 12.3. The van der Waals surface area contributed by atoms with Gasteiger partial charge in [0.2, 0.25) is 0 Å². The summed E-state index contributed by atoms with van der Waals surface area (Å²) >= 11 is 5.39. The van der Waals surface area contributed by atoms with Crippen molar-refractivity contribution >= 4 is 27.7 Å². The highest BCUT2D eigenvalue weighted by atomic mass is 79.9. The molecule has 0 aliphatic heterocycles. The molecule has 0 saturated carbocycles. The topological polar surface area (TPSA) is 12.0 Å². The molecule has 0 fully saturated rings. The highest BCUT2D eigenvalue weighted by Crippen LogP contribution is 2.22. The molecule has 2 rings (SSSR count). The van der Waals surface area contributed by atoms with Crippen LogP contribution in [0.1, 0.15) is 12.5 Å². The monoisotopic (exact) mass is 349 g/mol. The van der Waals surface area contributed by atoms with Gasteiger partial charge >= 0.3 is 0 Å². The van der Waals surface area contributed by atoms with E-state index in [1.54, 1.807) is 0 Å². The minimum atomic E-state index is 0.510. The molecule has 1 N–H and O–H groups in total. The maximum absolute atomic E-state index is 3.58. The van der Waals surface area contributed by atoms with E-state index >= 15 is 0 Å². The molecule has 0 aromatic heterocycles. The summed E-state index contributed by atoms with van der Waals surface area (Å²) in [7, 11) is 0. The van der Waals surface area contributed by atoms with Gasteiger partial charge in [-0.15, -0.1) is 11.8 Å². The van der Waals surface area contributed by atoms with Gasteiger partial charge in [0.1, 0.15) is 0 Å². The summed E-state index contributed by atoms with van der Waals surface area (Å²) in [6.45, 7) is 3.18. The standard InChI is InChI=1S/C17H20BrNS/c1-2-19-16(12-14-6-4-3-5-7-14)13-20-17-10-8-15(18)9-11-17/h3-11,16,19H,2,12-13H2,1H3. The lowest BCUT2D eigenvalue weighted by molar-refractivity contribution is 0.572. The zero-order valence-corrected chi connectivity index (χ0v) is 14.1. The van der Waals surface area contributed by atoms with Crippen LogP contribution in [-0.4, -0.2) is 18.3 Å². The maximum Gasteiger partial charge on any atom is 0.0201 e. The molecule has 0 aliphatic carbocycles. The SMILES string of the molecule is CCNC(CSc1ccc(Br)cc1)Cc1ccccc1. The molecule has 1 atom stereocenters. The second-order valence-electron chi connectivity index (χ2n) is 4.71. The van der Waals surface area contributed by atoms with Crippen molar-refractivity contribution in [3.05, 3.63) is 64.6 Å². The van der Waals surface area contributed by atoms with Gasteiger partial charge in [-0.05, 0) is 42.8 Å². The van der Waals surface area contributed by atoms with Crippen molar-refractivity contribution in [3.8, 4) is 0 Å². The average molecular weight is 350 g/mol. The number of likely N-dealkylation sites (N-methyl/N-ethyl adjacent to an activating group) is 1. The zero-order valence-electron chi connectivity index (χ0n) is 11.7. The van der Waals surface area contributed by atoms with Gasteiger partial charge in [-0.1, -0.05) is 53.2 Å². The first kappa shape index (κ1) is 15.6. The van der Waals surface area contributed by atoms with Crippen LogP contribution in [0.5, 0.6) is 0 Å². The Balaban J connectivity index is 1.90. The molecule has 0 radical (unpaired) electrons. The summed E-state index contributed by atoms with van der Waals surface area (Å²) in [6, 6.07) is 19.7. The number of halogens is 1. The number of thioether (sulfide) groups is 1. The Labute approximate surface area is 134 Å². The largest absolute Gasteiger partial charge is 0.313 e. The predicted octanol–water partition coefficient (Wildman–Crippen LogP) is 4.76. The number of hydrogen-bond acceptors (Lipinski definition) is 2. The van der Waals surface area contributed by atoms with Gasteiger partial charge in [0.15, 0.2) is 0 Å². The molecule has 3 heteroatoms. The number of rotatable bonds is 7. The van der Waals surface area contributed by atoms with Gasteiger partial charge in [-0.3, -0.25) is 0 Å². The molecule has 0 spiro atoms. The molecule has 106 valence electrons. The summed E-state index contributed by atoms with van der Waals surface area (Å²) in [5.41, 5.74) is 1.40. The Morgan fingerprint density at radius 2 is 1.75 bits per heavy atom. The summed E-state index contributed by atoms with van der Waals surface area (Å²) in [4.78, 5) is 1.32. The lowest BCUT2D eigenvalue weighted by Crippen LogP contribution is -2.33. The fraction of sp³-hybridized carbons (Fsp3) is 0.294. The number of nitrogens with one attached hydrogen (secondary N) is 1. The molecule has 0 amide bonds. The lowest BCUT2D eigenvalue weighted by Gasteiger charge is -2.17. The van der Waals surface area contributed by atoms with Gasteiger partial charge in [0.25, 0.3) is 0 Å². The third-order valence-electron chi connectivity index (χ3n) is 3.08. The Morgan fingerprint density at radius 1 is 1.05 bits per heavy atom. The third kappa shape index (κ3) is 5.31. The molecule has 0 saturated heterocycles. The molecule has 1 unspecified atom stereocenters. The molecule has 2 aromatic rings. The second kappa shape index (κ2) is 8.50. The van der Waals surface area contributed by atoms with E-state index in [-0.39, 0.29) is 0 Å². The summed E-state index contributed by atoms with van der Waals surface area (Å²) < 4.78 is 1.13. The van der Waals surface area contributed by atoms with E-state index in [4.69, 9.17) is 0 Å². The van der Waals surface area contributed by atoms with Crippen LogP contribution in [0.25, 0.3) is 0 Å². The van der Waals surface area contributed by atoms with E-state index in [9.17, 15) is 0 Å². The highest BCUT2D eigenvalue weighted by Gasteiger charge is 2.09. The van der Waals surface area contributed by atoms with Crippen LogP contribution in [0.15, 0.2) is 64.0 Å². The fourth-order valence-electron chi connectivity index (χ4n) is 2.10. The van der Waals surface area contributed by atoms with E-state index in [1.807, 2.05) is 11.8 Å². The van der Waals surface area contributed by atoms with E-state index in [2.05, 4.69) is 82.8 Å². The summed E-state index contributed by atoms with van der Waals surface area (Å²) in [6.07, 6.45) is 1.08. The highest BCUT2D eigenvalue weighted by molar-refractivity contribution is 9.10. The molecule has 0 bridgehead atoms. The van der Waals surface area contributed by atoms with Crippen molar-refractivity contribution < 1.29 is 0 Å². The Bertz CT molecular complexity index is 498. The quantitative estimate of drug-likeness (QED) is 0.723. The first-order chi connectivity index (χ1) is 9.78. The van der Waals surface area contributed by atoms with Crippen molar-refractivity contribution in [3.63, 3.8) is 0 Å². The van der Waals surface area contributed by atoms with Crippen molar-refractivity contribution in [1.29, 1.82) is 0 Å². The van der Waals surface area contributed by atoms with Crippen LogP contribution in [0.3, 0.4) is 0 Å². The van der Waals surface area contributed by atoms with E-state index in [0.29, 0.717) is 6.04 Å². The van der Waals surface area contributed by atoms with E-state index in [0.717, 1.165) is 23.2 Å². The van der Waals surface area contributed by atoms with Crippen molar-refractivity contribution in [1.82, 2.24) is 5.32 Å². The molecule has 1 nitrogen and oxygen atoms in total. The predicted molar refractivity (Wildman–Crippen MR) is 92.5 cm³/mol. The third-order valence-corrected chi connectivity index (χ3v) is 4.79. The van der Waals surface area contributed by atoms with Gasteiger partial charge in [0, 0.05) is 21.2 Å². The summed E-state index contributed by atoms with van der Waals surface area (Å²) in [5, 5.41) is 3.58. The Kier molecular flexibility index (Phi) is 6.64. The molecule has 2 aromatic carbocycles. The van der Waals surface area contributed by atoms with Crippen LogP contribution in [0, 0.1) is 0 Å². The van der Waals surface area contributed by atoms with Crippen LogP contribution in [-0.2, 0) is 6.42 Å². The van der Waals surface area contributed by atoms with Gasteiger partial charge in [-0.25, -0.2) is 0 Å². The number of hydrogen-bond donors (Lipinski definition) is 1. The molecule has 0 aliphatic rings. The first-order valence-corrected chi connectivity index (χ1v) is 8.71. The maximum atomic E-state index is 3.58. The van der Waals surface area contributed by atoms with Crippen LogP contribution in [0.2, 0.25) is 0 Å². The molecular weight excluding hydrogens is 330 g/mol. The average Bonchev–Trinajstić information content (AvgIpc) is 2.48. The Morgan fingerprint density at radius 3 is 2.40 bits per heavy atom. The Hall–Kier alpha value is -0.770. The first-order valence-electron chi connectivity index (χ1n) is 6.93. The fourth-order valence-corrected chi connectivity index (χ4v) is 3.33. The molecular formula is C17H20BrNS. The van der Waals surface area contributed by atoms with Crippen LogP contribution < -0.4 is 5.32 Å².